The lowest BCUT2D eigenvalue weighted by atomic mass is 10.1. The number of nitrogens with one attached hydrogen (secondary N) is 1. The quantitative estimate of drug-likeness (QED) is 0.471. The zero-order valence-electron chi connectivity index (χ0n) is 16.9. The Morgan fingerprint density at radius 3 is 2.33 bits per heavy atom. The van der Waals surface area contributed by atoms with Gasteiger partial charge in [0.2, 0.25) is 0 Å². The van der Waals surface area contributed by atoms with Crippen LogP contribution in [0.4, 0.5) is 4.39 Å². The van der Waals surface area contributed by atoms with Gasteiger partial charge in [0.05, 0.1) is 12.7 Å². The number of ether oxygens (including phenoxy) is 2. The second-order valence-corrected chi connectivity index (χ2v) is 6.61. The van der Waals surface area contributed by atoms with Gasteiger partial charge in [-0.2, -0.15) is 0 Å². The Kier molecular flexibility index (Phi) is 9.61. The van der Waals surface area contributed by atoms with Crippen molar-refractivity contribution >= 4 is 12.4 Å². The highest BCUT2D eigenvalue weighted by Gasteiger charge is 2.13. The molecule has 6 heteroatoms. The minimum atomic E-state index is -0.603. The molecule has 0 aliphatic rings. The zero-order chi connectivity index (χ0) is 20.5. The minimum Gasteiger partial charge on any atom is -0.490 e. The number of aliphatic hydroxyl groups excluding tert-OH is 1. The summed E-state index contributed by atoms with van der Waals surface area (Å²) in [5.41, 5.74) is 2.23. The van der Waals surface area contributed by atoms with Crippen molar-refractivity contribution in [2.24, 2.45) is 0 Å². The molecule has 3 rings (SSSR count). The Morgan fingerprint density at radius 2 is 1.60 bits per heavy atom. The molecule has 30 heavy (non-hydrogen) atoms. The van der Waals surface area contributed by atoms with Gasteiger partial charge >= 0.3 is 0 Å². The van der Waals surface area contributed by atoms with E-state index in [1.807, 2.05) is 55.5 Å². The number of rotatable bonds is 10. The molecule has 0 saturated carbocycles. The van der Waals surface area contributed by atoms with Gasteiger partial charge < -0.3 is 19.9 Å². The molecule has 0 spiro atoms. The summed E-state index contributed by atoms with van der Waals surface area (Å²) < 4.78 is 25.6. The molecule has 4 nitrogen and oxygen atoms in total. The highest BCUT2D eigenvalue weighted by atomic mass is 35.5. The monoisotopic (exact) mass is 431 g/mol. The molecular weight excluding hydrogens is 405 g/mol. The Labute approximate surface area is 183 Å². The molecule has 1 unspecified atom stereocenters. The van der Waals surface area contributed by atoms with E-state index < -0.39 is 6.10 Å². The van der Waals surface area contributed by atoms with Crippen LogP contribution >= 0.6 is 12.4 Å². The lowest BCUT2D eigenvalue weighted by Crippen LogP contribution is -2.21. The summed E-state index contributed by atoms with van der Waals surface area (Å²) >= 11 is 0. The number of halogens is 2. The van der Waals surface area contributed by atoms with E-state index in [0.717, 1.165) is 11.1 Å². The van der Waals surface area contributed by atoms with Crippen LogP contribution in [0.25, 0.3) is 0 Å². The summed E-state index contributed by atoms with van der Waals surface area (Å²) in [6.45, 7) is 3.39. The molecule has 0 aliphatic carbocycles. The number of hydrogen-bond acceptors (Lipinski definition) is 4. The summed E-state index contributed by atoms with van der Waals surface area (Å²) in [6.07, 6.45) is -0.603. The van der Waals surface area contributed by atoms with E-state index in [2.05, 4.69) is 5.32 Å². The molecule has 0 fully saturated rings. The number of para-hydroxylation sites is 1. The average molecular weight is 432 g/mol. The van der Waals surface area contributed by atoms with Crippen molar-refractivity contribution < 1.29 is 19.0 Å². The Balaban J connectivity index is 0.00000320. The maximum Gasteiger partial charge on any atom is 0.166 e. The predicted octanol–water partition coefficient (Wildman–Crippen LogP) is 5.05. The van der Waals surface area contributed by atoms with E-state index in [9.17, 15) is 9.50 Å². The van der Waals surface area contributed by atoms with Crippen LogP contribution in [0.1, 0.15) is 29.7 Å². The first-order valence-electron chi connectivity index (χ1n) is 9.73. The third-order valence-corrected chi connectivity index (χ3v) is 4.53. The van der Waals surface area contributed by atoms with Crippen LogP contribution < -0.4 is 14.8 Å². The highest BCUT2D eigenvalue weighted by molar-refractivity contribution is 5.85. The Morgan fingerprint density at radius 1 is 0.900 bits per heavy atom. The second-order valence-electron chi connectivity index (χ2n) is 6.61. The van der Waals surface area contributed by atoms with Crippen molar-refractivity contribution in [3.63, 3.8) is 0 Å². The first kappa shape index (κ1) is 23.7. The largest absolute Gasteiger partial charge is 0.490 e. The maximum absolute atomic E-state index is 13.9. The number of aliphatic hydroxyl groups is 1. The molecule has 0 aromatic heterocycles. The average Bonchev–Trinajstić information content (AvgIpc) is 2.75. The van der Waals surface area contributed by atoms with Crippen LogP contribution in [0, 0.1) is 5.82 Å². The van der Waals surface area contributed by atoms with Crippen LogP contribution in [0.2, 0.25) is 0 Å². The lowest BCUT2D eigenvalue weighted by molar-refractivity contribution is 0.174. The molecule has 3 aromatic rings. The third-order valence-electron chi connectivity index (χ3n) is 4.53. The van der Waals surface area contributed by atoms with Crippen LogP contribution in [-0.4, -0.2) is 18.3 Å². The van der Waals surface area contributed by atoms with Gasteiger partial charge in [0.15, 0.2) is 11.5 Å². The van der Waals surface area contributed by atoms with E-state index in [1.165, 1.54) is 6.07 Å². The van der Waals surface area contributed by atoms with E-state index in [4.69, 9.17) is 9.47 Å². The lowest BCUT2D eigenvalue weighted by Gasteiger charge is -2.18. The van der Waals surface area contributed by atoms with Gasteiger partial charge in [-0.1, -0.05) is 60.7 Å². The fourth-order valence-electron chi connectivity index (χ4n) is 3.04. The fraction of sp³-hybridized carbons (Fsp3) is 0.250. The van der Waals surface area contributed by atoms with Crippen molar-refractivity contribution in [3.8, 4) is 11.5 Å². The van der Waals surface area contributed by atoms with E-state index in [0.29, 0.717) is 36.8 Å². The summed E-state index contributed by atoms with van der Waals surface area (Å²) in [6, 6.07) is 21.7. The summed E-state index contributed by atoms with van der Waals surface area (Å²) in [4.78, 5) is 0. The molecule has 0 bridgehead atoms. The molecule has 0 heterocycles. The standard InChI is InChI=1S/C24H26FNO3.ClH/c1-2-28-23-14-8-12-19(15-26-16-22(27)18-9-4-3-5-10-18)24(23)29-17-20-11-6-7-13-21(20)25;/h3-14,22,26-27H,2,15-17H2,1H3;1H. The van der Waals surface area contributed by atoms with Crippen LogP contribution in [0.5, 0.6) is 11.5 Å². The molecule has 0 saturated heterocycles. The van der Waals surface area contributed by atoms with Gasteiger partial charge in [0.1, 0.15) is 12.4 Å². The normalized spacial score (nSPS) is 11.4. The second kappa shape index (κ2) is 12.2. The van der Waals surface area contributed by atoms with Crippen molar-refractivity contribution in [1.82, 2.24) is 5.32 Å². The van der Waals surface area contributed by atoms with E-state index in [-0.39, 0.29) is 24.8 Å². The van der Waals surface area contributed by atoms with Crippen molar-refractivity contribution in [2.75, 3.05) is 13.2 Å². The van der Waals surface area contributed by atoms with Gasteiger partial charge in [0, 0.05) is 24.2 Å². The molecule has 160 valence electrons. The molecule has 0 amide bonds. The number of benzene rings is 3. The van der Waals surface area contributed by atoms with Crippen LogP contribution in [0.15, 0.2) is 72.8 Å². The highest BCUT2D eigenvalue weighted by Crippen LogP contribution is 2.32. The molecule has 0 aliphatic heterocycles. The van der Waals surface area contributed by atoms with Crippen LogP contribution in [0.3, 0.4) is 0 Å². The maximum atomic E-state index is 13.9. The first-order chi connectivity index (χ1) is 14.2. The summed E-state index contributed by atoms with van der Waals surface area (Å²) in [7, 11) is 0. The van der Waals surface area contributed by atoms with E-state index >= 15 is 0 Å². The van der Waals surface area contributed by atoms with Gasteiger partial charge in [-0.05, 0) is 24.6 Å². The van der Waals surface area contributed by atoms with Crippen molar-refractivity contribution in [3.05, 3.63) is 95.3 Å². The SMILES string of the molecule is CCOc1cccc(CNCC(O)c2ccccc2)c1OCc1ccccc1F.Cl. The van der Waals surface area contributed by atoms with Gasteiger partial charge in [-0.15, -0.1) is 12.4 Å². The first-order valence-corrected chi connectivity index (χ1v) is 9.73. The van der Waals surface area contributed by atoms with E-state index in [1.54, 1.807) is 18.2 Å². The van der Waals surface area contributed by atoms with Crippen LogP contribution in [-0.2, 0) is 13.2 Å². The van der Waals surface area contributed by atoms with Gasteiger partial charge in [-0.3, -0.25) is 0 Å². The van der Waals surface area contributed by atoms with Gasteiger partial charge in [-0.25, -0.2) is 4.39 Å². The molecular formula is C24H27ClFNO3. The summed E-state index contributed by atoms with van der Waals surface area (Å²) in [5, 5.41) is 13.6. The minimum absolute atomic E-state index is 0. The summed E-state index contributed by atoms with van der Waals surface area (Å²) in [5.74, 6) is 0.901. The zero-order valence-corrected chi connectivity index (χ0v) is 17.7. The fourth-order valence-corrected chi connectivity index (χ4v) is 3.04. The smallest absolute Gasteiger partial charge is 0.166 e. The molecule has 1 atom stereocenters. The van der Waals surface area contributed by atoms with Gasteiger partial charge in [0.25, 0.3) is 0 Å². The molecule has 2 N–H and O–H groups in total. The third kappa shape index (κ3) is 6.46. The predicted molar refractivity (Wildman–Crippen MR) is 119 cm³/mol. The molecule has 0 radical (unpaired) electrons. The topological polar surface area (TPSA) is 50.7 Å². The molecule has 3 aromatic carbocycles. The van der Waals surface area contributed by atoms with Crippen molar-refractivity contribution in [2.45, 2.75) is 26.2 Å². The Hall–Kier alpha value is -2.60. The Bertz CT molecular complexity index is 908. The van der Waals surface area contributed by atoms with Crippen molar-refractivity contribution in [1.29, 1.82) is 0 Å². The number of hydrogen-bond donors (Lipinski definition) is 2.